The van der Waals surface area contributed by atoms with Crippen LogP contribution in [0, 0.1) is 0 Å². The van der Waals surface area contributed by atoms with Gasteiger partial charge in [0.1, 0.15) is 0 Å². The van der Waals surface area contributed by atoms with Crippen LogP contribution in [0.3, 0.4) is 0 Å². The molecule has 0 bridgehead atoms. The van der Waals surface area contributed by atoms with Crippen molar-refractivity contribution in [3.63, 3.8) is 0 Å². The van der Waals surface area contributed by atoms with E-state index in [1.165, 1.54) is 0 Å². The van der Waals surface area contributed by atoms with Crippen molar-refractivity contribution in [1.29, 1.82) is 0 Å². The minimum absolute atomic E-state index is 0.0940. The van der Waals surface area contributed by atoms with Crippen LogP contribution in [-0.4, -0.2) is 28.7 Å². The van der Waals surface area contributed by atoms with E-state index >= 15 is 0 Å². The summed E-state index contributed by atoms with van der Waals surface area (Å²) >= 11 is 0. The van der Waals surface area contributed by atoms with Crippen molar-refractivity contribution in [2.45, 2.75) is 6.92 Å². The smallest absolute Gasteiger partial charge is 0.297 e. The van der Waals surface area contributed by atoms with Gasteiger partial charge in [-0.3, -0.25) is 4.79 Å². The number of hydrogen-bond donors (Lipinski definition) is 2. The van der Waals surface area contributed by atoms with Crippen LogP contribution in [-0.2, 0) is 0 Å². The Morgan fingerprint density at radius 2 is 2.14 bits per heavy atom. The molecule has 1 amide bonds. The van der Waals surface area contributed by atoms with Crippen molar-refractivity contribution < 1.29 is 18.9 Å². The maximum Gasteiger partial charge on any atom is 0.297 e. The van der Waals surface area contributed by atoms with Gasteiger partial charge in [0.15, 0.2) is 11.5 Å². The molecule has 21 heavy (non-hydrogen) atoms. The number of hydrazone groups is 1. The molecule has 1 aliphatic rings. The predicted octanol–water partition coefficient (Wildman–Crippen LogP) is 0.534. The number of anilines is 1. The average Bonchev–Trinajstić information content (AvgIpc) is 3.11. The summed E-state index contributed by atoms with van der Waals surface area (Å²) in [5.41, 5.74) is 8.99. The molecule has 1 aliphatic heterocycles. The highest BCUT2D eigenvalue weighted by Crippen LogP contribution is 2.32. The van der Waals surface area contributed by atoms with E-state index in [4.69, 9.17) is 15.2 Å². The molecule has 1 aromatic carbocycles. The van der Waals surface area contributed by atoms with Crippen LogP contribution >= 0.6 is 0 Å². The Hall–Kier alpha value is -3.10. The number of rotatable bonds is 3. The summed E-state index contributed by atoms with van der Waals surface area (Å²) in [5, 5.41) is 10.7. The molecule has 0 spiro atoms. The van der Waals surface area contributed by atoms with Crippen LogP contribution in [0.5, 0.6) is 11.5 Å². The number of fused-ring (bicyclic) bond motifs is 1. The van der Waals surface area contributed by atoms with E-state index < -0.39 is 5.91 Å². The number of carbonyl (C=O) groups is 1. The van der Waals surface area contributed by atoms with E-state index in [2.05, 4.69) is 25.5 Å². The van der Waals surface area contributed by atoms with Crippen molar-refractivity contribution in [2.75, 3.05) is 12.5 Å². The number of nitrogen functional groups attached to an aromatic ring is 1. The van der Waals surface area contributed by atoms with E-state index in [1.54, 1.807) is 19.1 Å². The largest absolute Gasteiger partial charge is 0.454 e. The second kappa shape index (κ2) is 5.12. The van der Waals surface area contributed by atoms with Gasteiger partial charge in [0, 0.05) is 5.56 Å². The molecule has 2 aromatic rings. The highest BCUT2D eigenvalue weighted by atomic mass is 16.7. The standard InChI is InChI=1S/C12H11N5O4/c1-6(7-2-3-8-9(4-7)20-5-19-8)14-15-12(18)10-11(13)17-21-16-10/h2-4H,5H2,1H3,(H2,13,17)(H,15,18)/b14-6+. The van der Waals surface area contributed by atoms with E-state index in [0.29, 0.717) is 17.2 Å². The normalized spacial score (nSPS) is 13.3. The van der Waals surface area contributed by atoms with Gasteiger partial charge >= 0.3 is 0 Å². The molecular formula is C12H11N5O4. The second-order valence-corrected chi connectivity index (χ2v) is 4.20. The van der Waals surface area contributed by atoms with Gasteiger partial charge in [-0.25, -0.2) is 10.1 Å². The fourth-order valence-corrected chi connectivity index (χ4v) is 1.73. The van der Waals surface area contributed by atoms with Gasteiger partial charge in [-0.05, 0) is 35.4 Å². The molecule has 108 valence electrons. The fourth-order valence-electron chi connectivity index (χ4n) is 1.73. The number of nitrogens with zero attached hydrogens (tertiary/aromatic N) is 3. The predicted molar refractivity (Wildman–Crippen MR) is 71.0 cm³/mol. The zero-order valence-corrected chi connectivity index (χ0v) is 11.0. The molecule has 1 aromatic heterocycles. The lowest BCUT2D eigenvalue weighted by molar-refractivity contribution is 0.0945. The highest BCUT2D eigenvalue weighted by molar-refractivity contribution is 6.01. The molecule has 0 fully saturated rings. The number of aromatic nitrogens is 2. The molecule has 0 radical (unpaired) electrons. The number of carbonyl (C=O) groups excluding carboxylic acids is 1. The van der Waals surface area contributed by atoms with Crippen LogP contribution in [0.1, 0.15) is 23.0 Å². The summed E-state index contributed by atoms with van der Waals surface area (Å²) in [6.45, 7) is 1.94. The van der Waals surface area contributed by atoms with Crippen LogP contribution in [0.4, 0.5) is 5.82 Å². The first-order valence-electron chi connectivity index (χ1n) is 5.98. The van der Waals surface area contributed by atoms with Gasteiger partial charge in [0.05, 0.1) is 5.71 Å². The minimum Gasteiger partial charge on any atom is -0.454 e. The Morgan fingerprint density at radius 3 is 2.90 bits per heavy atom. The van der Waals surface area contributed by atoms with Crippen molar-refractivity contribution in [1.82, 2.24) is 15.7 Å². The van der Waals surface area contributed by atoms with Crippen molar-refractivity contribution in [3.05, 3.63) is 29.5 Å². The Morgan fingerprint density at radius 1 is 1.33 bits per heavy atom. The summed E-state index contributed by atoms with van der Waals surface area (Å²) in [7, 11) is 0. The molecule has 0 aliphatic carbocycles. The first kappa shape index (κ1) is 12.9. The summed E-state index contributed by atoms with van der Waals surface area (Å²) in [5.74, 6) is 0.618. The van der Waals surface area contributed by atoms with Crippen LogP contribution in [0.25, 0.3) is 0 Å². The lowest BCUT2D eigenvalue weighted by Crippen LogP contribution is -2.20. The van der Waals surface area contributed by atoms with Gasteiger partial charge in [0.2, 0.25) is 18.3 Å². The summed E-state index contributed by atoms with van der Waals surface area (Å²) in [4.78, 5) is 11.7. The molecular weight excluding hydrogens is 278 g/mol. The lowest BCUT2D eigenvalue weighted by Gasteiger charge is -2.03. The molecule has 3 rings (SSSR count). The number of amides is 1. The van der Waals surface area contributed by atoms with E-state index in [-0.39, 0.29) is 18.3 Å². The van der Waals surface area contributed by atoms with Gasteiger partial charge in [-0.1, -0.05) is 0 Å². The first-order valence-corrected chi connectivity index (χ1v) is 5.98. The summed E-state index contributed by atoms with van der Waals surface area (Å²) < 4.78 is 14.8. The van der Waals surface area contributed by atoms with Gasteiger partial charge in [-0.15, -0.1) is 0 Å². The third-order valence-corrected chi connectivity index (χ3v) is 2.84. The van der Waals surface area contributed by atoms with Crippen molar-refractivity contribution >= 4 is 17.4 Å². The number of ether oxygens (including phenoxy) is 2. The van der Waals surface area contributed by atoms with E-state index in [1.807, 2.05) is 6.07 Å². The minimum atomic E-state index is -0.603. The maximum atomic E-state index is 11.7. The number of nitrogens with two attached hydrogens (primary N) is 1. The quantitative estimate of drug-likeness (QED) is 0.623. The molecule has 0 atom stereocenters. The third-order valence-electron chi connectivity index (χ3n) is 2.84. The molecule has 9 heteroatoms. The molecule has 3 N–H and O–H groups in total. The number of nitrogens with one attached hydrogen (secondary N) is 1. The second-order valence-electron chi connectivity index (χ2n) is 4.20. The molecule has 2 heterocycles. The van der Waals surface area contributed by atoms with E-state index in [9.17, 15) is 4.79 Å². The maximum absolute atomic E-state index is 11.7. The van der Waals surface area contributed by atoms with Crippen molar-refractivity contribution in [3.8, 4) is 11.5 Å². The lowest BCUT2D eigenvalue weighted by atomic mass is 10.1. The van der Waals surface area contributed by atoms with Gasteiger partial charge in [-0.2, -0.15) is 5.10 Å². The Balaban J connectivity index is 1.74. The Bertz CT molecular complexity index is 724. The SMILES string of the molecule is C/C(=N\NC(=O)c1nonc1N)c1ccc2c(c1)OCO2. The molecule has 0 saturated heterocycles. The van der Waals surface area contributed by atoms with Crippen molar-refractivity contribution in [2.24, 2.45) is 5.10 Å². The summed E-state index contributed by atoms with van der Waals surface area (Å²) in [6.07, 6.45) is 0. The molecule has 9 nitrogen and oxygen atoms in total. The number of benzene rings is 1. The zero-order chi connectivity index (χ0) is 14.8. The third kappa shape index (κ3) is 2.48. The number of hydrogen-bond acceptors (Lipinski definition) is 8. The Kier molecular flexibility index (Phi) is 3.14. The zero-order valence-electron chi connectivity index (χ0n) is 11.0. The van der Waals surface area contributed by atoms with Crippen LogP contribution < -0.4 is 20.6 Å². The Labute approximate surface area is 118 Å². The topological polar surface area (TPSA) is 125 Å². The van der Waals surface area contributed by atoms with Gasteiger partial charge in [0.25, 0.3) is 5.91 Å². The molecule has 0 unspecified atom stereocenters. The van der Waals surface area contributed by atoms with Crippen LogP contribution in [0.15, 0.2) is 27.9 Å². The average molecular weight is 289 g/mol. The molecule has 0 saturated carbocycles. The summed E-state index contributed by atoms with van der Waals surface area (Å²) in [6, 6.07) is 5.36. The fraction of sp³-hybridized carbons (Fsp3) is 0.167. The highest BCUT2D eigenvalue weighted by Gasteiger charge is 2.16. The van der Waals surface area contributed by atoms with E-state index in [0.717, 1.165) is 5.56 Å². The first-order chi connectivity index (χ1) is 10.1. The monoisotopic (exact) mass is 289 g/mol. The van der Waals surface area contributed by atoms with Crippen LogP contribution in [0.2, 0.25) is 0 Å². The van der Waals surface area contributed by atoms with Gasteiger partial charge < -0.3 is 15.2 Å².